The molecule has 3 rings (SSSR count). The molecule has 0 aromatic heterocycles. The van der Waals surface area contributed by atoms with E-state index in [9.17, 15) is 21.0 Å². The van der Waals surface area contributed by atoms with Crippen LogP contribution in [0.2, 0.25) is 0 Å². The van der Waals surface area contributed by atoms with Gasteiger partial charge in [-0.05, 0) is 35.1 Å². The molecule has 0 spiro atoms. The minimum Gasteiger partial charge on any atom is -0.298 e. The Bertz CT molecular complexity index is 956. The van der Waals surface area contributed by atoms with Gasteiger partial charge in [-0.25, -0.2) is 0 Å². The highest BCUT2D eigenvalue weighted by Crippen LogP contribution is 2.53. The Kier molecular flexibility index (Phi) is 5.89. The zero-order valence-corrected chi connectivity index (χ0v) is 17.2. The van der Waals surface area contributed by atoms with E-state index in [4.69, 9.17) is 0 Å². The molecular weight excluding hydrogens is 370 g/mol. The number of aryl methyl sites for hydroxylation is 2. The molecular formula is C25H23N5. The number of piperidine rings is 1. The number of nitrogens with zero attached hydrogens (tertiary/aromatic N) is 4. The maximum atomic E-state index is 9.99. The van der Waals surface area contributed by atoms with Gasteiger partial charge < -0.3 is 0 Å². The zero-order chi connectivity index (χ0) is 21.8. The van der Waals surface area contributed by atoms with Crippen LogP contribution in [0, 0.1) is 56.2 Å². The topological polar surface area (TPSA) is 107 Å². The van der Waals surface area contributed by atoms with Crippen LogP contribution in [0.15, 0.2) is 48.5 Å². The van der Waals surface area contributed by atoms with Crippen molar-refractivity contribution in [3.8, 4) is 24.3 Å². The molecule has 0 saturated carbocycles. The first-order chi connectivity index (χ1) is 14.5. The second kappa shape index (κ2) is 8.39. The molecule has 1 fully saturated rings. The molecule has 2 atom stereocenters. The van der Waals surface area contributed by atoms with Gasteiger partial charge in [0.05, 0.1) is 36.4 Å². The quantitative estimate of drug-likeness (QED) is 0.813. The largest absolute Gasteiger partial charge is 0.298 e. The summed E-state index contributed by atoms with van der Waals surface area (Å²) in [6.45, 7) is 4.12. The average molecular weight is 393 g/mol. The fourth-order valence-electron chi connectivity index (χ4n) is 4.21. The summed E-state index contributed by atoms with van der Waals surface area (Å²) < 4.78 is 0. The van der Waals surface area contributed by atoms with E-state index in [1.165, 1.54) is 0 Å². The molecule has 0 amide bonds. The van der Waals surface area contributed by atoms with Crippen LogP contribution in [0.25, 0.3) is 0 Å². The predicted molar refractivity (Wildman–Crippen MR) is 112 cm³/mol. The number of benzene rings is 2. The van der Waals surface area contributed by atoms with Crippen molar-refractivity contribution in [3.05, 3.63) is 70.8 Å². The first-order valence-electron chi connectivity index (χ1n) is 10.1. The normalized spacial score (nSPS) is 21.4. The zero-order valence-electron chi connectivity index (χ0n) is 17.2. The Morgan fingerprint density at radius 1 is 0.700 bits per heavy atom. The van der Waals surface area contributed by atoms with Crippen LogP contribution < -0.4 is 5.32 Å². The lowest BCUT2D eigenvalue weighted by molar-refractivity contribution is 0.136. The third kappa shape index (κ3) is 3.42. The molecule has 1 aliphatic heterocycles. The highest BCUT2D eigenvalue weighted by Gasteiger charge is 2.58. The molecule has 148 valence electrons. The van der Waals surface area contributed by atoms with Gasteiger partial charge in [0, 0.05) is 6.42 Å². The Morgan fingerprint density at radius 2 is 1.03 bits per heavy atom. The summed E-state index contributed by atoms with van der Waals surface area (Å²) in [5.41, 5.74) is 0.858. The number of nitrogens with one attached hydrogen (secondary N) is 1. The van der Waals surface area contributed by atoms with Crippen LogP contribution in [0.1, 0.15) is 54.6 Å². The summed E-state index contributed by atoms with van der Waals surface area (Å²) in [5, 5.41) is 43.3. The summed E-state index contributed by atoms with van der Waals surface area (Å²) in [6, 6.07) is 22.9. The number of hydrogen-bond donors (Lipinski definition) is 1. The van der Waals surface area contributed by atoms with E-state index in [0.29, 0.717) is 0 Å². The third-order valence-electron chi connectivity index (χ3n) is 6.12. The second-order valence-corrected chi connectivity index (χ2v) is 7.79. The van der Waals surface area contributed by atoms with E-state index >= 15 is 0 Å². The van der Waals surface area contributed by atoms with Gasteiger partial charge in [0.25, 0.3) is 0 Å². The molecule has 1 heterocycles. The summed E-state index contributed by atoms with van der Waals surface area (Å²) in [5.74, 6) is 0. The number of rotatable bonds is 4. The molecule has 2 aromatic rings. The molecule has 5 heteroatoms. The van der Waals surface area contributed by atoms with Crippen molar-refractivity contribution in [2.24, 2.45) is 10.8 Å². The maximum Gasteiger partial charge on any atom is 0.165 e. The Morgan fingerprint density at radius 3 is 1.30 bits per heavy atom. The molecule has 2 aromatic carbocycles. The molecule has 1 aliphatic rings. The fraction of sp³-hybridized carbons (Fsp3) is 0.360. The molecule has 0 radical (unpaired) electrons. The molecule has 1 saturated heterocycles. The van der Waals surface area contributed by atoms with Crippen LogP contribution >= 0.6 is 0 Å². The van der Waals surface area contributed by atoms with E-state index in [1.807, 2.05) is 48.5 Å². The van der Waals surface area contributed by atoms with Gasteiger partial charge in [-0.2, -0.15) is 21.0 Å². The van der Waals surface area contributed by atoms with Crippen LogP contribution in [0.4, 0.5) is 0 Å². The van der Waals surface area contributed by atoms with Crippen molar-refractivity contribution in [2.75, 3.05) is 0 Å². The van der Waals surface area contributed by atoms with Crippen LogP contribution in [0.3, 0.4) is 0 Å². The minimum atomic E-state index is -1.53. The Labute approximate surface area is 177 Å². The van der Waals surface area contributed by atoms with Crippen molar-refractivity contribution in [3.63, 3.8) is 0 Å². The van der Waals surface area contributed by atoms with E-state index in [-0.39, 0.29) is 6.42 Å². The van der Waals surface area contributed by atoms with Gasteiger partial charge in [-0.1, -0.05) is 62.4 Å². The monoisotopic (exact) mass is 393 g/mol. The lowest BCUT2D eigenvalue weighted by Crippen LogP contribution is -2.52. The number of hydrogen-bond acceptors (Lipinski definition) is 5. The Balaban J connectivity index is 2.14. The van der Waals surface area contributed by atoms with Gasteiger partial charge in [0.15, 0.2) is 10.8 Å². The third-order valence-corrected chi connectivity index (χ3v) is 6.12. The standard InChI is InChI=1S/C25H23N5/c1-3-18-5-9-20(10-6-18)22-24(14-26,15-27)13-25(16-28,17-29)23(30-22)21-11-7-19(4-2)8-12-21/h5-12,22-23,30H,3-4,13H2,1-2H3. The summed E-state index contributed by atoms with van der Waals surface area (Å²) in [6.07, 6.45) is 1.63. The molecule has 0 aliphatic carbocycles. The van der Waals surface area contributed by atoms with Crippen LogP contribution in [0.5, 0.6) is 0 Å². The van der Waals surface area contributed by atoms with Crippen LogP contribution in [-0.4, -0.2) is 0 Å². The van der Waals surface area contributed by atoms with E-state index in [2.05, 4.69) is 43.4 Å². The van der Waals surface area contributed by atoms with Crippen molar-refractivity contribution < 1.29 is 0 Å². The average Bonchev–Trinajstić information content (AvgIpc) is 2.83. The molecule has 5 nitrogen and oxygen atoms in total. The van der Waals surface area contributed by atoms with Crippen molar-refractivity contribution >= 4 is 0 Å². The predicted octanol–water partition coefficient (Wildman–Crippen LogP) is 4.65. The fourth-order valence-corrected chi connectivity index (χ4v) is 4.21. The van der Waals surface area contributed by atoms with E-state index < -0.39 is 22.9 Å². The maximum absolute atomic E-state index is 9.99. The lowest BCUT2D eigenvalue weighted by Gasteiger charge is -2.45. The summed E-state index contributed by atoms with van der Waals surface area (Å²) in [7, 11) is 0. The van der Waals surface area contributed by atoms with Crippen LogP contribution in [-0.2, 0) is 12.8 Å². The smallest absolute Gasteiger partial charge is 0.165 e. The molecule has 2 unspecified atom stereocenters. The summed E-state index contributed by atoms with van der Waals surface area (Å²) in [4.78, 5) is 0. The first kappa shape index (κ1) is 21.1. The van der Waals surface area contributed by atoms with E-state index in [1.54, 1.807) is 0 Å². The first-order valence-corrected chi connectivity index (χ1v) is 10.1. The molecule has 1 N–H and O–H groups in total. The van der Waals surface area contributed by atoms with E-state index in [0.717, 1.165) is 35.1 Å². The van der Waals surface area contributed by atoms with Crippen molar-refractivity contribution in [1.29, 1.82) is 21.0 Å². The van der Waals surface area contributed by atoms with Gasteiger partial charge in [0.1, 0.15) is 0 Å². The lowest BCUT2D eigenvalue weighted by atomic mass is 9.60. The second-order valence-electron chi connectivity index (χ2n) is 7.79. The van der Waals surface area contributed by atoms with Gasteiger partial charge in [-0.3, -0.25) is 5.32 Å². The minimum absolute atomic E-state index is 0.145. The highest BCUT2D eigenvalue weighted by molar-refractivity contribution is 5.41. The SMILES string of the molecule is CCc1ccc(C2NC(c3ccc(CC)cc3)C(C#N)(C#N)CC2(C#N)C#N)cc1. The number of nitriles is 4. The van der Waals surface area contributed by atoms with Gasteiger partial charge >= 0.3 is 0 Å². The Hall–Kier alpha value is -3.64. The molecule has 30 heavy (non-hydrogen) atoms. The van der Waals surface area contributed by atoms with Gasteiger partial charge in [-0.15, -0.1) is 0 Å². The van der Waals surface area contributed by atoms with Gasteiger partial charge in [0.2, 0.25) is 0 Å². The van der Waals surface area contributed by atoms with Crippen molar-refractivity contribution in [2.45, 2.75) is 45.2 Å². The highest BCUT2D eigenvalue weighted by atomic mass is 15.0. The van der Waals surface area contributed by atoms with Crippen molar-refractivity contribution in [1.82, 2.24) is 5.32 Å². The molecule has 0 bridgehead atoms. The summed E-state index contributed by atoms with van der Waals surface area (Å²) >= 11 is 0.